The molecule has 0 fully saturated rings. The van der Waals surface area contributed by atoms with Gasteiger partial charge in [0.2, 0.25) is 0 Å². The van der Waals surface area contributed by atoms with Gasteiger partial charge in [0.25, 0.3) is 0 Å². The monoisotopic (exact) mass is 292 g/mol. The summed E-state index contributed by atoms with van der Waals surface area (Å²) < 4.78 is 5.83. The molecular formula is C16H24N2OS. The van der Waals surface area contributed by atoms with Crippen LogP contribution in [0.15, 0.2) is 22.7 Å². The molecule has 3 nitrogen and oxygen atoms in total. The van der Waals surface area contributed by atoms with E-state index in [0.29, 0.717) is 5.92 Å². The van der Waals surface area contributed by atoms with Gasteiger partial charge in [-0.15, -0.1) is 11.3 Å². The largest absolute Gasteiger partial charge is 0.440 e. The van der Waals surface area contributed by atoms with Gasteiger partial charge in [0.1, 0.15) is 0 Å². The van der Waals surface area contributed by atoms with E-state index in [1.54, 1.807) is 11.3 Å². The second-order valence-electron chi connectivity index (χ2n) is 5.44. The molecule has 1 N–H and O–H groups in total. The average Bonchev–Trinajstić information content (AvgIpc) is 3.06. The van der Waals surface area contributed by atoms with Crippen molar-refractivity contribution in [2.45, 2.75) is 40.0 Å². The number of oxazole rings is 1. The fourth-order valence-electron chi connectivity index (χ4n) is 2.00. The van der Waals surface area contributed by atoms with Crippen LogP contribution >= 0.6 is 11.3 Å². The molecule has 0 bridgehead atoms. The van der Waals surface area contributed by atoms with Crippen LogP contribution in [0.5, 0.6) is 0 Å². The molecule has 4 heteroatoms. The zero-order chi connectivity index (χ0) is 14.4. The van der Waals surface area contributed by atoms with Crippen LogP contribution in [0.3, 0.4) is 0 Å². The van der Waals surface area contributed by atoms with Crippen LogP contribution in [0.2, 0.25) is 0 Å². The minimum Gasteiger partial charge on any atom is -0.440 e. The van der Waals surface area contributed by atoms with Crippen LogP contribution < -0.4 is 5.32 Å². The smallest absolute Gasteiger partial charge is 0.194 e. The molecule has 2 aromatic heterocycles. The molecule has 0 amide bonds. The summed E-state index contributed by atoms with van der Waals surface area (Å²) in [5, 5.41) is 3.44. The summed E-state index contributed by atoms with van der Waals surface area (Å²) in [4.78, 5) is 6.94. The van der Waals surface area contributed by atoms with Gasteiger partial charge in [0.05, 0.1) is 11.1 Å². The van der Waals surface area contributed by atoms with Crippen molar-refractivity contribution in [2.75, 3.05) is 13.1 Å². The maximum Gasteiger partial charge on any atom is 0.194 e. The van der Waals surface area contributed by atoms with E-state index in [2.05, 4.69) is 43.2 Å². The van der Waals surface area contributed by atoms with Crippen LogP contribution in [0.25, 0.3) is 10.6 Å². The summed E-state index contributed by atoms with van der Waals surface area (Å²) >= 11 is 1.79. The van der Waals surface area contributed by atoms with Gasteiger partial charge < -0.3 is 9.73 Å². The van der Waals surface area contributed by atoms with E-state index >= 15 is 0 Å². The van der Waals surface area contributed by atoms with Crippen LogP contribution in [-0.2, 0) is 12.8 Å². The zero-order valence-electron chi connectivity index (χ0n) is 12.6. The van der Waals surface area contributed by atoms with Crippen molar-refractivity contribution >= 4 is 11.3 Å². The Kier molecular flexibility index (Phi) is 5.80. The lowest BCUT2D eigenvalue weighted by molar-refractivity contribution is 0.484. The molecule has 0 spiro atoms. The van der Waals surface area contributed by atoms with E-state index in [-0.39, 0.29) is 0 Å². The normalized spacial score (nSPS) is 11.4. The molecule has 110 valence electrons. The molecule has 0 aliphatic heterocycles. The van der Waals surface area contributed by atoms with Gasteiger partial charge in [0.15, 0.2) is 11.7 Å². The van der Waals surface area contributed by atoms with E-state index in [9.17, 15) is 0 Å². The first-order valence-electron chi connectivity index (χ1n) is 7.43. The van der Waals surface area contributed by atoms with Crippen molar-refractivity contribution in [3.05, 3.63) is 29.1 Å². The highest BCUT2D eigenvalue weighted by Crippen LogP contribution is 2.29. The fraction of sp³-hybridized carbons (Fsp3) is 0.562. The summed E-state index contributed by atoms with van der Waals surface area (Å²) in [7, 11) is 0. The number of nitrogens with zero attached hydrogens (tertiary/aromatic N) is 1. The highest BCUT2D eigenvalue weighted by molar-refractivity contribution is 7.15. The molecule has 0 saturated carbocycles. The van der Waals surface area contributed by atoms with Gasteiger partial charge in [-0.3, -0.25) is 0 Å². The Balaban J connectivity index is 1.80. The van der Waals surface area contributed by atoms with Gasteiger partial charge in [-0.2, -0.15) is 0 Å². The molecule has 20 heavy (non-hydrogen) atoms. The van der Waals surface area contributed by atoms with Crippen molar-refractivity contribution in [2.24, 2.45) is 5.92 Å². The zero-order valence-corrected chi connectivity index (χ0v) is 13.4. The predicted molar refractivity (Wildman–Crippen MR) is 85.2 cm³/mol. The van der Waals surface area contributed by atoms with E-state index in [4.69, 9.17) is 4.42 Å². The number of nitrogens with one attached hydrogen (secondary N) is 1. The molecule has 0 aromatic carbocycles. The second-order valence-corrected chi connectivity index (χ2v) is 6.61. The quantitative estimate of drug-likeness (QED) is 0.743. The third-order valence-corrected chi connectivity index (χ3v) is 4.35. The molecule has 0 saturated heterocycles. The highest BCUT2D eigenvalue weighted by Gasteiger charge is 2.08. The maximum atomic E-state index is 5.83. The van der Waals surface area contributed by atoms with E-state index in [1.807, 2.05) is 6.20 Å². The molecule has 2 rings (SSSR count). The fourth-order valence-corrected chi connectivity index (χ4v) is 2.89. The van der Waals surface area contributed by atoms with Gasteiger partial charge in [0, 0.05) is 11.3 Å². The Hall–Kier alpha value is -1.13. The number of hydrogen-bond acceptors (Lipinski definition) is 4. The first kappa shape index (κ1) is 15.3. The average molecular weight is 292 g/mol. The van der Waals surface area contributed by atoms with Crippen LogP contribution in [0.1, 0.15) is 38.0 Å². The van der Waals surface area contributed by atoms with Crippen LogP contribution in [0, 0.1) is 5.92 Å². The van der Waals surface area contributed by atoms with Gasteiger partial charge >= 0.3 is 0 Å². The van der Waals surface area contributed by atoms with Crippen molar-refractivity contribution in [1.82, 2.24) is 10.3 Å². The van der Waals surface area contributed by atoms with E-state index < -0.39 is 0 Å². The number of hydrogen-bond donors (Lipinski definition) is 1. The lowest BCUT2D eigenvalue weighted by Crippen LogP contribution is -2.21. The Labute approximate surface area is 125 Å². The minimum absolute atomic E-state index is 0.704. The SMILES string of the molecule is CCc1ccc(-c2cnc(CCCNCC(C)C)o2)s1. The van der Waals surface area contributed by atoms with Crippen molar-refractivity contribution in [3.8, 4) is 10.6 Å². The molecule has 2 aromatic rings. The lowest BCUT2D eigenvalue weighted by atomic mass is 10.2. The Morgan fingerprint density at radius 3 is 2.90 bits per heavy atom. The predicted octanol–water partition coefficient (Wildman–Crippen LogP) is 4.14. The van der Waals surface area contributed by atoms with Crippen molar-refractivity contribution < 1.29 is 4.42 Å². The first-order valence-corrected chi connectivity index (χ1v) is 8.25. The number of aromatic nitrogens is 1. The summed E-state index contributed by atoms with van der Waals surface area (Å²) in [6, 6.07) is 4.29. The van der Waals surface area contributed by atoms with Crippen molar-refractivity contribution in [3.63, 3.8) is 0 Å². The molecule has 0 radical (unpaired) electrons. The summed E-state index contributed by atoms with van der Waals surface area (Å²) in [5.41, 5.74) is 0. The summed E-state index contributed by atoms with van der Waals surface area (Å²) in [6.45, 7) is 8.71. The van der Waals surface area contributed by atoms with E-state index in [1.165, 1.54) is 9.75 Å². The third-order valence-electron chi connectivity index (χ3n) is 3.10. The Morgan fingerprint density at radius 1 is 1.35 bits per heavy atom. The lowest BCUT2D eigenvalue weighted by Gasteiger charge is -2.05. The van der Waals surface area contributed by atoms with Gasteiger partial charge in [-0.25, -0.2) is 4.98 Å². The van der Waals surface area contributed by atoms with Crippen molar-refractivity contribution in [1.29, 1.82) is 0 Å². The minimum atomic E-state index is 0.704. The van der Waals surface area contributed by atoms with Crippen LogP contribution in [-0.4, -0.2) is 18.1 Å². The number of rotatable bonds is 8. The standard InChI is InChI=1S/C16H24N2OS/c1-4-13-7-8-15(20-13)14-11-18-16(19-14)6-5-9-17-10-12(2)3/h7-8,11-12,17H,4-6,9-10H2,1-3H3. The Morgan fingerprint density at radius 2 is 2.20 bits per heavy atom. The molecule has 0 aliphatic rings. The third kappa shape index (κ3) is 4.46. The molecular weight excluding hydrogens is 268 g/mol. The molecule has 0 atom stereocenters. The number of thiophene rings is 1. The Bertz CT molecular complexity index is 516. The molecule has 2 heterocycles. The maximum absolute atomic E-state index is 5.83. The van der Waals surface area contributed by atoms with Gasteiger partial charge in [-0.1, -0.05) is 20.8 Å². The first-order chi connectivity index (χ1) is 9.69. The van der Waals surface area contributed by atoms with Crippen LogP contribution in [0.4, 0.5) is 0 Å². The summed E-state index contributed by atoms with van der Waals surface area (Å²) in [6.07, 6.45) is 4.89. The van der Waals surface area contributed by atoms with E-state index in [0.717, 1.165) is 44.0 Å². The number of aryl methyl sites for hydroxylation is 2. The molecule has 0 aliphatic carbocycles. The highest BCUT2D eigenvalue weighted by atomic mass is 32.1. The van der Waals surface area contributed by atoms with Gasteiger partial charge in [-0.05, 0) is 44.0 Å². The second kappa shape index (κ2) is 7.60. The summed E-state index contributed by atoms with van der Waals surface area (Å²) in [5.74, 6) is 2.45. The molecule has 0 unspecified atom stereocenters. The topological polar surface area (TPSA) is 38.1 Å².